The summed E-state index contributed by atoms with van der Waals surface area (Å²) in [6.07, 6.45) is 44.7. The fourth-order valence-electron chi connectivity index (χ4n) is 7.53. The highest BCUT2D eigenvalue weighted by atomic mass is 14.3. The molecule has 0 aromatic rings. The lowest BCUT2D eigenvalue weighted by atomic mass is 9.71. The Hall–Kier alpha value is -1.04. The van der Waals surface area contributed by atoms with Crippen molar-refractivity contribution in [3.63, 3.8) is 0 Å². The van der Waals surface area contributed by atoms with E-state index in [0.29, 0.717) is 11.8 Å². The van der Waals surface area contributed by atoms with Gasteiger partial charge in [0, 0.05) is 0 Å². The molecule has 0 spiro atoms. The maximum absolute atomic E-state index is 2.64. The Bertz CT molecular complexity index is 692. The first kappa shape index (κ1) is 27.0. The van der Waals surface area contributed by atoms with Crippen LogP contribution in [0.15, 0.2) is 48.6 Å². The molecule has 0 saturated heterocycles. The third-order valence-electron chi connectivity index (χ3n) is 10.3. The van der Waals surface area contributed by atoms with Gasteiger partial charge in [-0.05, 0) is 131 Å². The third kappa shape index (κ3) is 8.79. The minimum absolute atomic E-state index is 0.684. The molecule has 0 heteroatoms. The molecule has 0 heterocycles. The maximum atomic E-state index is 2.64. The van der Waals surface area contributed by atoms with Crippen LogP contribution in [0.25, 0.3) is 0 Å². The van der Waals surface area contributed by atoms with Crippen LogP contribution < -0.4 is 0 Å². The normalized spacial score (nSPS) is 38.5. The Morgan fingerprint density at radius 1 is 0.571 bits per heavy atom. The summed E-state index contributed by atoms with van der Waals surface area (Å²) in [7, 11) is 0. The number of rotatable bonds is 10. The second-order valence-corrected chi connectivity index (χ2v) is 12.8. The summed E-state index contributed by atoms with van der Waals surface area (Å²) >= 11 is 0. The molecule has 0 bridgehead atoms. The molecule has 196 valence electrons. The Labute approximate surface area is 218 Å². The van der Waals surface area contributed by atoms with Crippen molar-refractivity contribution in [1.82, 2.24) is 0 Å². The molecule has 0 N–H and O–H groups in total. The second kappa shape index (κ2) is 14.6. The van der Waals surface area contributed by atoms with Gasteiger partial charge in [0.2, 0.25) is 0 Å². The zero-order chi connectivity index (χ0) is 24.3. The minimum atomic E-state index is 0.684. The highest BCUT2D eigenvalue weighted by Crippen LogP contribution is 2.40. The van der Waals surface area contributed by atoms with E-state index in [1.54, 1.807) is 0 Å². The topological polar surface area (TPSA) is 0 Å². The van der Waals surface area contributed by atoms with Crippen LogP contribution in [-0.4, -0.2) is 0 Å². The van der Waals surface area contributed by atoms with Gasteiger partial charge in [-0.1, -0.05) is 88.1 Å². The molecule has 4 atom stereocenters. The van der Waals surface area contributed by atoms with Crippen LogP contribution in [-0.2, 0) is 0 Å². The summed E-state index contributed by atoms with van der Waals surface area (Å²) in [5.74, 6) is 6.81. The molecule has 0 amide bonds. The van der Waals surface area contributed by atoms with Gasteiger partial charge in [-0.25, -0.2) is 0 Å². The molecule has 4 rings (SSSR count). The number of unbranched alkanes of at least 4 members (excludes halogenated alkanes) is 2. The molecule has 0 aromatic heterocycles. The molecule has 0 aromatic carbocycles. The Morgan fingerprint density at radius 3 is 1.74 bits per heavy atom. The third-order valence-corrected chi connectivity index (χ3v) is 10.3. The molecule has 0 aliphatic heterocycles. The van der Waals surface area contributed by atoms with Crippen LogP contribution >= 0.6 is 0 Å². The van der Waals surface area contributed by atoms with Gasteiger partial charge in [0.05, 0.1) is 0 Å². The lowest BCUT2D eigenvalue weighted by molar-refractivity contribution is 0.234. The molecule has 4 unspecified atom stereocenters. The van der Waals surface area contributed by atoms with Crippen molar-refractivity contribution in [3.05, 3.63) is 48.6 Å². The van der Waals surface area contributed by atoms with Crippen LogP contribution in [0.1, 0.15) is 123 Å². The summed E-state index contributed by atoms with van der Waals surface area (Å²) in [4.78, 5) is 0. The summed E-state index contributed by atoms with van der Waals surface area (Å²) < 4.78 is 0. The van der Waals surface area contributed by atoms with Gasteiger partial charge >= 0.3 is 0 Å². The van der Waals surface area contributed by atoms with Gasteiger partial charge in [0.15, 0.2) is 0 Å². The van der Waals surface area contributed by atoms with Crippen molar-refractivity contribution in [1.29, 1.82) is 0 Å². The van der Waals surface area contributed by atoms with Gasteiger partial charge in [0.1, 0.15) is 0 Å². The fraction of sp³-hybridized carbons (Fsp3) is 0.771. The Balaban J connectivity index is 1.13. The van der Waals surface area contributed by atoms with E-state index in [9.17, 15) is 0 Å². The quantitative estimate of drug-likeness (QED) is 0.217. The first-order chi connectivity index (χ1) is 17.2. The van der Waals surface area contributed by atoms with Gasteiger partial charge in [-0.3, -0.25) is 0 Å². The monoisotopic (exact) mass is 476 g/mol. The first-order valence-corrected chi connectivity index (χ1v) is 16.0. The zero-order valence-electron chi connectivity index (χ0n) is 23.3. The summed E-state index contributed by atoms with van der Waals surface area (Å²) in [5.41, 5.74) is 0. The van der Waals surface area contributed by atoms with Gasteiger partial charge in [0.25, 0.3) is 0 Å². The van der Waals surface area contributed by atoms with E-state index in [1.807, 2.05) is 0 Å². The van der Waals surface area contributed by atoms with E-state index in [0.717, 1.165) is 35.5 Å². The van der Waals surface area contributed by atoms with Crippen LogP contribution in [0, 0.1) is 47.3 Å². The van der Waals surface area contributed by atoms with Crippen LogP contribution in [0.5, 0.6) is 0 Å². The van der Waals surface area contributed by atoms with Gasteiger partial charge in [-0.15, -0.1) is 0 Å². The van der Waals surface area contributed by atoms with Crippen molar-refractivity contribution in [2.75, 3.05) is 0 Å². The summed E-state index contributed by atoms with van der Waals surface area (Å²) in [6.45, 7) is 4.68. The average molecular weight is 477 g/mol. The SMILES string of the molecule is CCCCCC1C=CC(C=CC2C=CC(C3CCC(C=CC4CCC(CC)CC4)CC3)CC2)CC1. The highest BCUT2D eigenvalue weighted by Gasteiger charge is 2.27. The number of hydrogen-bond acceptors (Lipinski definition) is 0. The zero-order valence-corrected chi connectivity index (χ0v) is 23.3. The Kier molecular flexibility index (Phi) is 11.3. The lowest BCUT2D eigenvalue weighted by Gasteiger charge is -2.34. The molecule has 2 saturated carbocycles. The van der Waals surface area contributed by atoms with E-state index in [2.05, 4.69) is 62.5 Å². The molecule has 0 nitrogen and oxygen atoms in total. The molecule has 0 radical (unpaired) electrons. The summed E-state index contributed by atoms with van der Waals surface area (Å²) in [5, 5.41) is 0. The van der Waals surface area contributed by atoms with E-state index in [4.69, 9.17) is 0 Å². The van der Waals surface area contributed by atoms with Crippen molar-refractivity contribution in [3.8, 4) is 0 Å². The van der Waals surface area contributed by atoms with Gasteiger partial charge < -0.3 is 0 Å². The highest BCUT2D eigenvalue weighted by molar-refractivity contribution is 5.12. The smallest absolute Gasteiger partial charge is 0.00530 e. The minimum Gasteiger partial charge on any atom is -0.0851 e. The maximum Gasteiger partial charge on any atom is -0.00530 e. The lowest BCUT2D eigenvalue weighted by Crippen LogP contribution is -2.22. The van der Waals surface area contributed by atoms with Crippen molar-refractivity contribution < 1.29 is 0 Å². The number of allylic oxidation sites excluding steroid dienone is 8. The molecule has 4 aliphatic rings. The van der Waals surface area contributed by atoms with Crippen LogP contribution in [0.3, 0.4) is 0 Å². The largest absolute Gasteiger partial charge is 0.0851 e. The van der Waals surface area contributed by atoms with Crippen molar-refractivity contribution in [2.24, 2.45) is 47.3 Å². The first-order valence-electron chi connectivity index (χ1n) is 16.0. The molecule has 4 aliphatic carbocycles. The van der Waals surface area contributed by atoms with E-state index in [-0.39, 0.29) is 0 Å². The van der Waals surface area contributed by atoms with Crippen molar-refractivity contribution >= 4 is 0 Å². The van der Waals surface area contributed by atoms with Crippen LogP contribution in [0.4, 0.5) is 0 Å². The van der Waals surface area contributed by atoms with Gasteiger partial charge in [-0.2, -0.15) is 0 Å². The molecular formula is C35H56. The van der Waals surface area contributed by atoms with E-state index < -0.39 is 0 Å². The van der Waals surface area contributed by atoms with Crippen LogP contribution in [0.2, 0.25) is 0 Å². The predicted octanol–water partition coefficient (Wildman–Crippen LogP) is 10.9. The average Bonchev–Trinajstić information content (AvgIpc) is 2.92. The molecule has 2 fully saturated rings. The second-order valence-electron chi connectivity index (χ2n) is 12.8. The number of hydrogen-bond donors (Lipinski definition) is 0. The molecular weight excluding hydrogens is 420 g/mol. The predicted molar refractivity (Wildman–Crippen MR) is 154 cm³/mol. The van der Waals surface area contributed by atoms with E-state index >= 15 is 0 Å². The summed E-state index contributed by atoms with van der Waals surface area (Å²) in [6, 6.07) is 0. The van der Waals surface area contributed by atoms with Crippen molar-refractivity contribution in [2.45, 2.75) is 123 Å². The fourth-order valence-corrected chi connectivity index (χ4v) is 7.53. The standard InChI is InChI=1S/C35H56/c1-3-5-6-7-29-12-14-31(15-13-29)17-19-33-22-26-35(27-23-33)34-24-20-32(21-25-34)18-16-30-10-8-28(4-2)9-11-30/h12,14,16-19,22,26,28-35H,3-11,13,15,20-21,23-25,27H2,1-2H3. The van der Waals surface area contributed by atoms with E-state index in [1.165, 1.54) is 109 Å². The Morgan fingerprint density at radius 2 is 1.20 bits per heavy atom. The molecule has 35 heavy (non-hydrogen) atoms.